The number of methoxy groups -OCH3 is 2. The molecule has 2 aromatic carbocycles. The molecule has 4 fully saturated rings. The highest BCUT2D eigenvalue weighted by Crippen LogP contribution is 2.48. The Labute approximate surface area is 318 Å². The number of aromatic nitrogens is 3. The Morgan fingerprint density at radius 3 is 2.15 bits per heavy atom. The summed E-state index contributed by atoms with van der Waals surface area (Å²) in [7, 11) is 3.28. The van der Waals surface area contributed by atoms with Crippen molar-refractivity contribution in [2.24, 2.45) is 5.41 Å². The molecule has 6 heterocycles. The van der Waals surface area contributed by atoms with Gasteiger partial charge in [-0.25, -0.2) is 9.97 Å². The van der Waals surface area contributed by atoms with Crippen LogP contribution in [-0.2, 0) is 22.6 Å². The molecule has 1 N–H and O–H groups in total. The van der Waals surface area contributed by atoms with Gasteiger partial charge in [-0.15, -0.1) is 0 Å². The van der Waals surface area contributed by atoms with Crippen molar-refractivity contribution in [2.45, 2.75) is 50.7 Å². The van der Waals surface area contributed by atoms with Crippen LogP contribution in [0.15, 0.2) is 48.7 Å². The van der Waals surface area contributed by atoms with Crippen molar-refractivity contribution >= 4 is 35.0 Å². The summed E-state index contributed by atoms with van der Waals surface area (Å²) < 4.78 is 11.6. The third-order valence-corrected chi connectivity index (χ3v) is 12.7. The Hall–Kier alpha value is -4.29. The summed E-state index contributed by atoms with van der Waals surface area (Å²) in [5.41, 5.74) is 7.64. The van der Waals surface area contributed by atoms with E-state index in [1.807, 2.05) is 41.3 Å². The van der Waals surface area contributed by atoms with E-state index < -0.39 is 0 Å². The van der Waals surface area contributed by atoms with E-state index in [-0.39, 0.29) is 28.8 Å². The topological polar surface area (TPSA) is 113 Å². The molecule has 0 bridgehead atoms. The van der Waals surface area contributed by atoms with E-state index in [1.165, 1.54) is 5.56 Å². The molecule has 274 valence electrons. The van der Waals surface area contributed by atoms with Gasteiger partial charge in [-0.2, -0.15) is 0 Å². The number of fused-ring (bicyclic) bond motifs is 1. The Morgan fingerprint density at radius 2 is 1.53 bits per heavy atom. The monoisotopic (exact) mass is 753 g/mol. The van der Waals surface area contributed by atoms with Crippen LogP contribution in [0.4, 0.5) is 0 Å². The van der Waals surface area contributed by atoms with E-state index in [2.05, 4.69) is 21.2 Å². The molecule has 13 heteroatoms. The van der Waals surface area contributed by atoms with E-state index in [4.69, 9.17) is 47.6 Å². The maximum Gasteiger partial charge on any atom is 0.237 e. The van der Waals surface area contributed by atoms with Gasteiger partial charge < -0.3 is 19.7 Å². The Bertz CT molecular complexity index is 2160. The van der Waals surface area contributed by atoms with Gasteiger partial charge in [-0.1, -0.05) is 59.6 Å². The van der Waals surface area contributed by atoms with Crippen LogP contribution in [0.3, 0.4) is 0 Å². The summed E-state index contributed by atoms with van der Waals surface area (Å²) in [5, 5.41) is 4.25. The molecule has 4 aliphatic heterocycles. The third kappa shape index (κ3) is 5.83. The molecule has 1 atom stereocenters. The minimum atomic E-state index is -0.0786. The van der Waals surface area contributed by atoms with Gasteiger partial charge >= 0.3 is 0 Å². The van der Waals surface area contributed by atoms with Crippen molar-refractivity contribution in [3.05, 3.63) is 75.5 Å². The van der Waals surface area contributed by atoms with Crippen molar-refractivity contribution in [1.82, 2.24) is 35.0 Å². The molecule has 11 nitrogen and oxygen atoms in total. The largest absolute Gasteiger partial charge is 0.481 e. The fourth-order valence-corrected chi connectivity index (χ4v) is 9.94. The molecule has 0 saturated carbocycles. The number of ether oxygens (including phenoxy) is 2. The molecule has 2 amide bonds. The number of nitrogens with zero attached hydrogens (tertiary/aromatic N) is 6. The second-order valence-corrected chi connectivity index (χ2v) is 16.2. The maximum absolute atomic E-state index is 11.9. The average Bonchev–Trinajstić information content (AvgIpc) is 3.71. The lowest BCUT2D eigenvalue weighted by Gasteiger charge is -2.60. The normalized spacial score (nSPS) is 21.2. The second-order valence-electron chi connectivity index (χ2n) is 15.4. The second kappa shape index (κ2) is 12.9. The highest BCUT2D eigenvalue weighted by atomic mass is 35.5. The van der Waals surface area contributed by atoms with Crippen LogP contribution < -0.4 is 14.8 Å². The molecule has 9 rings (SSSR count). The molecular formula is C40H41Cl2N7O4. The molecule has 5 aliphatic rings. The van der Waals surface area contributed by atoms with Gasteiger partial charge in [-0.3, -0.25) is 24.4 Å². The van der Waals surface area contributed by atoms with Gasteiger partial charge in [-0.05, 0) is 30.9 Å². The number of hydrogen-bond donors (Lipinski definition) is 1. The first-order valence-electron chi connectivity index (χ1n) is 18.2. The van der Waals surface area contributed by atoms with E-state index >= 15 is 0 Å². The Morgan fingerprint density at radius 1 is 0.887 bits per heavy atom. The van der Waals surface area contributed by atoms with Crippen LogP contribution >= 0.6 is 23.2 Å². The van der Waals surface area contributed by atoms with Gasteiger partial charge in [0.15, 0.2) is 0 Å². The lowest BCUT2D eigenvalue weighted by atomic mass is 9.73. The predicted molar refractivity (Wildman–Crippen MR) is 202 cm³/mol. The van der Waals surface area contributed by atoms with Crippen molar-refractivity contribution in [2.75, 3.05) is 53.5 Å². The summed E-state index contributed by atoms with van der Waals surface area (Å²) in [6.45, 7) is 7.45. The van der Waals surface area contributed by atoms with Gasteiger partial charge in [0.2, 0.25) is 23.6 Å². The van der Waals surface area contributed by atoms with Gasteiger partial charge in [0, 0.05) is 98.4 Å². The number of aryl methyl sites for hydroxylation is 1. The number of carbonyl (C=O) groups is 2. The summed E-state index contributed by atoms with van der Waals surface area (Å²) in [4.78, 5) is 44.8. The van der Waals surface area contributed by atoms with Crippen LogP contribution in [0.5, 0.6) is 11.8 Å². The van der Waals surface area contributed by atoms with E-state index in [9.17, 15) is 9.59 Å². The first kappa shape index (κ1) is 34.5. The highest BCUT2D eigenvalue weighted by molar-refractivity contribution is 6.39. The Balaban J connectivity index is 0.956. The average molecular weight is 755 g/mol. The van der Waals surface area contributed by atoms with Crippen molar-refractivity contribution in [3.63, 3.8) is 0 Å². The molecule has 4 aromatic rings. The zero-order valence-corrected chi connectivity index (χ0v) is 31.6. The van der Waals surface area contributed by atoms with Crippen LogP contribution in [0.25, 0.3) is 33.6 Å². The highest BCUT2D eigenvalue weighted by Gasteiger charge is 2.53. The van der Waals surface area contributed by atoms with E-state index in [0.717, 1.165) is 97.7 Å². The van der Waals surface area contributed by atoms with Crippen molar-refractivity contribution in [3.8, 4) is 45.4 Å². The molecule has 2 aromatic heterocycles. The number of rotatable bonds is 8. The van der Waals surface area contributed by atoms with Crippen LogP contribution in [0, 0.1) is 5.41 Å². The van der Waals surface area contributed by atoms with E-state index in [0.29, 0.717) is 40.5 Å². The van der Waals surface area contributed by atoms with E-state index in [1.54, 1.807) is 27.3 Å². The van der Waals surface area contributed by atoms with Gasteiger partial charge in [0.1, 0.15) is 5.69 Å². The summed E-state index contributed by atoms with van der Waals surface area (Å²) >= 11 is 14.4. The summed E-state index contributed by atoms with van der Waals surface area (Å²) in [6, 6.07) is 14.1. The first-order valence-corrected chi connectivity index (χ1v) is 18.9. The van der Waals surface area contributed by atoms with Gasteiger partial charge in [0.25, 0.3) is 0 Å². The zero-order valence-electron chi connectivity index (χ0n) is 30.0. The number of amides is 2. The fraction of sp³-hybridized carbons (Fsp3) is 0.425. The fourth-order valence-electron chi connectivity index (χ4n) is 9.29. The first-order chi connectivity index (χ1) is 25.6. The number of hydrogen-bond acceptors (Lipinski definition) is 9. The molecule has 2 spiro atoms. The molecule has 0 radical (unpaired) electrons. The number of nitrogens with one attached hydrogen (secondary N) is 1. The van der Waals surface area contributed by atoms with Crippen LogP contribution in [0.2, 0.25) is 10.0 Å². The third-order valence-electron chi connectivity index (χ3n) is 11.8. The number of halogens is 2. The minimum Gasteiger partial charge on any atom is -0.481 e. The number of likely N-dealkylation sites (tertiary alicyclic amines) is 3. The SMILES string of the molecule is COc1nc(-c2cccc(-c3cccc(-c4cc5c(c(OC)n4)C(N4CC6(CCC(=O)N6)C4)CC5)c3Cl)c2Cl)cnc1CN1CC2(C1)CN(C(C)=O)C2. The molecule has 4 saturated heterocycles. The number of benzene rings is 2. The molecule has 53 heavy (non-hydrogen) atoms. The lowest BCUT2D eigenvalue weighted by Crippen LogP contribution is -2.72. The number of pyridine rings is 1. The summed E-state index contributed by atoms with van der Waals surface area (Å²) in [6.07, 6.45) is 5.14. The number of carbonyl (C=O) groups excluding carboxylic acids is 2. The molecule has 1 unspecified atom stereocenters. The Kier molecular flexibility index (Phi) is 8.41. The quantitative estimate of drug-likeness (QED) is 0.238. The maximum atomic E-state index is 11.9. The van der Waals surface area contributed by atoms with Crippen LogP contribution in [0.1, 0.15) is 49.0 Å². The van der Waals surface area contributed by atoms with Crippen LogP contribution in [-0.4, -0.2) is 100 Å². The van der Waals surface area contributed by atoms with Crippen molar-refractivity contribution in [1.29, 1.82) is 0 Å². The molecular weight excluding hydrogens is 713 g/mol. The molecule has 1 aliphatic carbocycles. The lowest BCUT2D eigenvalue weighted by molar-refractivity contribution is -0.157. The zero-order chi connectivity index (χ0) is 36.6. The van der Waals surface area contributed by atoms with Crippen molar-refractivity contribution < 1.29 is 19.1 Å². The standard InChI is InChI=1S/C40H41Cl2N7O4/c1-23(50)48-19-39(20-48)17-47(18-39)16-31-37(52-2)45-30(15-43-31)28-9-5-7-26(36(28)42)25-6-4-8-27(35(25)41)29-14-24-10-11-32(34(24)38(44-29)53-3)49-21-40(22-49)13-12-33(51)46-40/h4-9,14-15,32H,10-13,16-22H2,1-3H3,(H,46,51). The minimum absolute atomic E-state index is 0.0786. The predicted octanol–water partition coefficient (Wildman–Crippen LogP) is 5.81. The van der Waals surface area contributed by atoms with Gasteiger partial charge in [0.05, 0.1) is 47.4 Å². The smallest absolute Gasteiger partial charge is 0.237 e. The summed E-state index contributed by atoms with van der Waals surface area (Å²) in [5.74, 6) is 1.37.